The van der Waals surface area contributed by atoms with Gasteiger partial charge < -0.3 is 14.8 Å². The molecule has 0 heterocycles. The molecule has 2 aromatic rings. The number of ether oxygens (including phenoxy) is 2. The molecule has 2 rings (SSSR count). The average molecular weight is 443 g/mol. The molecule has 2 aromatic carbocycles. The molecule has 164 valence electrons. The largest absolute Gasteiger partial charge is 0.494 e. The Morgan fingerprint density at radius 3 is 2.61 bits per heavy atom. The number of nitriles is 1. The van der Waals surface area contributed by atoms with Gasteiger partial charge in [0.2, 0.25) is 5.96 Å². The minimum Gasteiger partial charge on any atom is -0.494 e. The predicted octanol–water partition coefficient (Wildman–Crippen LogP) is 4.97. The van der Waals surface area contributed by atoms with Crippen molar-refractivity contribution in [3.8, 4) is 11.9 Å². The van der Waals surface area contributed by atoms with Crippen LogP contribution in [0.1, 0.15) is 43.0 Å². The highest BCUT2D eigenvalue weighted by molar-refractivity contribution is 6.30. The van der Waals surface area contributed by atoms with Crippen LogP contribution in [0.2, 0.25) is 5.02 Å². The van der Waals surface area contributed by atoms with Crippen LogP contribution < -0.4 is 15.0 Å². The molecule has 0 spiro atoms. The molecule has 0 unspecified atom stereocenters. The minimum absolute atomic E-state index is 0.0328. The van der Waals surface area contributed by atoms with Crippen LogP contribution in [0.15, 0.2) is 48.5 Å². The van der Waals surface area contributed by atoms with Crippen molar-refractivity contribution in [2.24, 2.45) is 0 Å². The van der Waals surface area contributed by atoms with Gasteiger partial charge in [-0.2, -0.15) is 5.26 Å². The quantitative estimate of drug-likeness (QED) is 0.127. The Kier molecular flexibility index (Phi) is 10.2. The summed E-state index contributed by atoms with van der Waals surface area (Å²) in [4.78, 5) is 13.0. The van der Waals surface area contributed by atoms with Crippen LogP contribution >= 0.6 is 11.6 Å². The predicted molar refractivity (Wildman–Crippen MR) is 122 cm³/mol. The number of nitrogens with one attached hydrogen (secondary N) is 2. The second kappa shape index (κ2) is 13.1. The molecule has 0 amide bonds. The number of carbonyl (C=O) groups excluding carboxylic acids is 1. The van der Waals surface area contributed by atoms with Crippen molar-refractivity contribution >= 4 is 29.2 Å². The molecule has 7 nitrogen and oxygen atoms in total. The number of carbonyl (C=O) groups is 1. The summed E-state index contributed by atoms with van der Waals surface area (Å²) in [6, 6.07) is 13.8. The number of rotatable bonds is 11. The number of nitrogens with zero attached hydrogens (tertiary/aromatic N) is 2. The number of hydrogen-bond acceptors (Lipinski definition) is 5. The smallest absolute Gasteiger partial charge is 0.338 e. The molecular weight excluding hydrogens is 416 g/mol. The lowest BCUT2D eigenvalue weighted by Crippen LogP contribution is -2.38. The number of guanidine groups is 1. The summed E-state index contributed by atoms with van der Waals surface area (Å²) >= 11 is 5.84. The summed E-state index contributed by atoms with van der Waals surface area (Å²) in [5.41, 5.74) is 0.776. The Hall–Kier alpha value is -3.24. The fraction of sp³-hybridized carbons (Fsp3) is 0.348. The molecule has 0 fully saturated rings. The molecule has 0 aromatic heterocycles. The third-order valence-electron chi connectivity index (χ3n) is 4.39. The zero-order chi connectivity index (χ0) is 22.5. The lowest BCUT2D eigenvalue weighted by molar-refractivity contribution is 0.0526. The van der Waals surface area contributed by atoms with E-state index in [1.54, 1.807) is 37.3 Å². The van der Waals surface area contributed by atoms with Gasteiger partial charge in [-0.15, -0.1) is 0 Å². The summed E-state index contributed by atoms with van der Waals surface area (Å²) in [5.74, 6) is 0.319. The van der Waals surface area contributed by atoms with E-state index >= 15 is 0 Å². The number of esters is 1. The van der Waals surface area contributed by atoms with E-state index in [4.69, 9.17) is 26.5 Å². The summed E-state index contributed by atoms with van der Waals surface area (Å²) in [5, 5.41) is 21.2. The third kappa shape index (κ3) is 8.19. The fourth-order valence-corrected chi connectivity index (χ4v) is 2.94. The van der Waals surface area contributed by atoms with Crippen LogP contribution in [0.25, 0.3) is 0 Å². The van der Waals surface area contributed by atoms with Crippen molar-refractivity contribution in [1.82, 2.24) is 5.32 Å². The van der Waals surface area contributed by atoms with Gasteiger partial charge in [-0.1, -0.05) is 30.5 Å². The Morgan fingerprint density at radius 2 is 1.90 bits per heavy atom. The van der Waals surface area contributed by atoms with Gasteiger partial charge in [-0.3, -0.25) is 5.41 Å². The summed E-state index contributed by atoms with van der Waals surface area (Å²) in [7, 11) is 0. The Labute approximate surface area is 188 Å². The Morgan fingerprint density at radius 1 is 1.16 bits per heavy atom. The van der Waals surface area contributed by atoms with Crippen LogP contribution in [-0.2, 0) is 4.74 Å². The van der Waals surface area contributed by atoms with Crippen molar-refractivity contribution in [3.63, 3.8) is 0 Å². The number of benzene rings is 2. The molecule has 8 heteroatoms. The fourth-order valence-electron chi connectivity index (χ4n) is 2.81. The minimum atomic E-state index is -0.457. The maximum atomic E-state index is 11.9. The molecule has 0 aliphatic rings. The van der Waals surface area contributed by atoms with Crippen LogP contribution in [0, 0.1) is 16.9 Å². The van der Waals surface area contributed by atoms with Gasteiger partial charge in [-0.25, -0.2) is 9.69 Å². The Bertz CT molecular complexity index is 896. The lowest BCUT2D eigenvalue weighted by atomic mass is 10.2. The van der Waals surface area contributed by atoms with E-state index in [-0.39, 0.29) is 12.6 Å². The summed E-state index contributed by atoms with van der Waals surface area (Å²) < 4.78 is 10.6. The Balaban J connectivity index is 1.68. The van der Waals surface area contributed by atoms with Crippen LogP contribution in [-0.4, -0.2) is 31.7 Å². The van der Waals surface area contributed by atoms with Crippen molar-refractivity contribution in [1.29, 1.82) is 10.7 Å². The molecular formula is C23H27ClN4O3. The van der Waals surface area contributed by atoms with Crippen molar-refractivity contribution < 1.29 is 14.3 Å². The zero-order valence-corrected chi connectivity index (χ0v) is 18.3. The monoisotopic (exact) mass is 442 g/mol. The first kappa shape index (κ1) is 24.0. The molecule has 0 bridgehead atoms. The van der Waals surface area contributed by atoms with E-state index in [0.717, 1.165) is 36.3 Å². The lowest BCUT2D eigenvalue weighted by Gasteiger charge is -2.18. The highest BCUT2D eigenvalue weighted by Crippen LogP contribution is 2.17. The van der Waals surface area contributed by atoms with Crippen molar-refractivity contribution in [2.45, 2.75) is 32.6 Å². The van der Waals surface area contributed by atoms with Crippen molar-refractivity contribution in [3.05, 3.63) is 59.1 Å². The van der Waals surface area contributed by atoms with Gasteiger partial charge in [0, 0.05) is 11.6 Å². The molecule has 0 aliphatic heterocycles. The van der Waals surface area contributed by atoms with Crippen LogP contribution in [0.3, 0.4) is 0 Å². The molecule has 2 N–H and O–H groups in total. The number of halogens is 1. The SMILES string of the molecule is CCOC(=O)c1cccc(N(C#N)C(=N)NCCCCCCOc2ccc(Cl)cc2)c1. The molecule has 31 heavy (non-hydrogen) atoms. The standard InChI is InChI=1S/C23H27ClN4O3/c1-2-30-22(29)18-8-7-9-20(16-18)28(17-25)23(26)27-14-5-3-4-6-15-31-21-12-10-19(24)11-13-21/h7-13,16H,2-6,14-15H2,1H3,(H2,26,27). The topological polar surface area (TPSA) is 98.4 Å². The van der Waals surface area contributed by atoms with Gasteiger partial charge in [0.15, 0.2) is 6.19 Å². The second-order valence-corrected chi connectivity index (χ2v) is 7.13. The number of unbranched alkanes of at least 4 members (excludes halogenated alkanes) is 3. The van der Waals surface area contributed by atoms with Gasteiger partial charge >= 0.3 is 5.97 Å². The average Bonchev–Trinajstić information content (AvgIpc) is 2.77. The van der Waals surface area contributed by atoms with Gasteiger partial charge in [-0.05, 0) is 62.2 Å². The number of anilines is 1. The zero-order valence-electron chi connectivity index (χ0n) is 17.6. The van der Waals surface area contributed by atoms with E-state index in [0.29, 0.717) is 29.4 Å². The number of hydrogen-bond donors (Lipinski definition) is 2. The highest BCUT2D eigenvalue weighted by Gasteiger charge is 2.14. The van der Waals surface area contributed by atoms with Gasteiger partial charge in [0.1, 0.15) is 5.75 Å². The molecule has 0 atom stereocenters. The van der Waals surface area contributed by atoms with E-state index in [9.17, 15) is 10.1 Å². The van der Waals surface area contributed by atoms with Crippen molar-refractivity contribution in [2.75, 3.05) is 24.7 Å². The van der Waals surface area contributed by atoms with Crippen LogP contribution in [0.5, 0.6) is 5.75 Å². The maximum absolute atomic E-state index is 11.9. The second-order valence-electron chi connectivity index (χ2n) is 6.70. The first-order chi connectivity index (χ1) is 15.0. The van der Waals surface area contributed by atoms with E-state index in [2.05, 4.69) is 5.32 Å². The molecule has 0 saturated carbocycles. The van der Waals surface area contributed by atoms with Gasteiger partial charge in [0.25, 0.3) is 0 Å². The molecule has 0 aliphatic carbocycles. The van der Waals surface area contributed by atoms with Gasteiger partial charge in [0.05, 0.1) is 24.5 Å². The van der Waals surface area contributed by atoms with E-state index in [1.807, 2.05) is 18.3 Å². The third-order valence-corrected chi connectivity index (χ3v) is 4.64. The highest BCUT2D eigenvalue weighted by atomic mass is 35.5. The maximum Gasteiger partial charge on any atom is 0.338 e. The first-order valence-corrected chi connectivity index (χ1v) is 10.6. The molecule has 0 saturated heterocycles. The van der Waals surface area contributed by atoms with E-state index < -0.39 is 5.97 Å². The first-order valence-electron chi connectivity index (χ1n) is 10.2. The summed E-state index contributed by atoms with van der Waals surface area (Å²) in [6.45, 7) is 3.22. The summed E-state index contributed by atoms with van der Waals surface area (Å²) in [6.07, 6.45) is 5.76. The normalized spacial score (nSPS) is 10.1. The van der Waals surface area contributed by atoms with E-state index in [1.165, 1.54) is 6.07 Å². The van der Waals surface area contributed by atoms with Crippen LogP contribution in [0.4, 0.5) is 5.69 Å². The molecule has 0 radical (unpaired) electrons.